The summed E-state index contributed by atoms with van der Waals surface area (Å²) < 4.78 is 29.8. The van der Waals surface area contributed by atoms with Crippen LogP contribution in [0.3, 0.4) is 0 Å². The molecule has 1 aliphatic heterocycles. The first-order valence-corrected chi connectivity index (χ1v) is 6.64. The first-order valence-electron chi connectivity index (χ1n) is 5.04. The zero-order valence-corrected chi connectivity index (χ0v) is 12.4. The molecule has 1 fully saturated rings. The second-order valence-corrected chi connectivity index (χ2v) is 5.26. The Kier molecular flexibility index (Phi) is 8.39. The molecule has 1 rings (SSSR count). The van der Waals surface area contributed by atoms with Gasteiger partial charge in [0.15, 0.2) is 0 Å². The second kappa shape index (κ2) is 7.99. The summed E-state index contributed by atoms with van der Waals surface area (Å²) in [5.74, 6) is -0.241. The molecule has 8 heteroatoms. The van der Waals surface area contributed by atoms with Crippen LogP contribution < -0.4 is 5.32 Å². The number of aliphatic hydroxyl groups excluding tert-OH is 1. The van der Waals surface area contributed by atoms with E-state index in [1.807, 2.05) is 4.90 Å². The standard InChI is InChI=1S/C8H18N2O4S.Na/c11-5-1-8-7-9-2-3-10(8)4-6-15(12,13)14;/h8-9,11H,1-7H2,(H,12,13,14);. The van der Waals surface area contributed by atoms with Crippen molar-refractivity contribution in [1.82, 2.24) is 10.2 Å². The second-order valence-electron chi connectivity index (χ2n) is 3.69. The summed E-state index contributed by atoms with van der Waals surface area (Å²) in [5.41, 5.74) is 0. The molecule has 0 aromatic rings. The number of nitrogens with zero attached hydrogens (tertiary/aromatic N) is 1. The molecule has 0 aliphatic carbocycles. The van der Waals surface area contributed by atoms with Gasteiger partial charge in [-0.25, -0.2) is 0 Å². The molecule has 1 heterocycles. The summed E-state index contributed by atoms with van der Waals surface area (Å²) >= 11 is 0. The van der Waals surface area contributed by atoms with Gasteiger partial charge in [0.1, 0.15) is 0 Å². The predicted octanol–water partition coefficient (Wildman–Crippen LogP) is -1.85. The molecular formula is C8H18N2NaO4S. The van der Waals surface area contributed by atoms with E-state index >= 15 is 0 Å². The third-order valence-electron chi connectivity index (χ3n) is 2.57. The van der Waals surface area contributed by atoms with Crippen molar-refractivity contribution >= 4 is 39.7 Å². The SMILES string of the molecule is O=S(=O)(O)CCN1CCNCC1CCO.[Na]. The van der Waals surface area contributed by atoms with Gasteiger partial charge < -0.3 is 10.4 Å². The van der Waals surface area contributed by atoms with Crippen LogP contribution in [0.25, 0.3) is 0 Å². The molecular weight excluding hydrogens is 243 g/mol. The molecule has 1 radical (unpaired) electrons. The van der Waals surface area contributed by atoms with Crippen LogP contribution >= 0.6 is 0 Å². The van der Waals surface area contributed by atoms with Gasteiger partial charge in [0, 0.05) is 68.4 Å². The smallest absolute Gasteiger partial charge is 0.266 e. The van der Waals surface area contributed by atoms with Crippen molar-refractivity contribution in [2.45, 2.75) is 12.5 Å². The van der Waals surface area contributed by atoms with Gasteiger partial charge in [-0.2, -0.15) is 8.42 Å². The third-order valence-corrected chi connectivity index (χ3v) is 3.27. The molecule has 1 atom stereocenters. The normalized spacial score (nSPS) is 22.8. The van der Waals surface area contributed by atoms with Crippen LogP contribution in [0.1, 0.15) is 6.42 Å². The molecule has 16 heavy (non-hydrogen) atoms. The molecule has 1 unspecified atom stereocenters. The van der Waals surface area contributed by atoms with E-state index in [1.54, 1.807) is 0 Å². The van der Waals surface area contributed by atoms with E-state index in [0.717, 1.165) is 19.6 Å². The number of piperazine rings is 1. The summed E-state index contributed by atoms with van der Waals surface area (Å²) in [4.78, 5) is 1.99. The van der Waals surface area contributed by atoms with Crippen molar-refractivity contribution in [3.63, 3.8) is 0 Å². The molecule has 0 amide bonds. The number of hydrogen-bond donors (Lipinski definition) is 3. The van der Waals surface area contributed by atoms with E-state index in [-0.39, 0.29) is 48.0 Å². The van der Waals surface area contributed by atoms with Crippen LogP contribution in [-0.2, 0) is 10.1 Å². The van der Waals surface area contributed by atoms with Gasteiger partial charge in [0.25, 0.3) is 10.1 Å². The minimum atomic E-state index is -3.89. The number of aliphatic hydroxyl groups is 1. The zero-order chi connectivity index (χ0) is 11.3. The molecule has 0 aromatic carbocycles. The Morgan fingerprint density at radius 2 is 2.12 bits per heavy atom. The van der Waals surface area contributed by atoms with E-state index in [4.69, 9.17) is 9.66 Å². The van der Waals surface area contributed by atoms with E-state index in [2.05, 4.69) is 5.32 Å². The molecule has 0 spiro atoms. The van der Waals surface area contributed by atoms with Crippen LogP contribution in [0.4, 0.5) is 0 Å². The summed E-state index contributed by atoms with van der Waals surface area (Å²) in [7, 11) is -3.89. The third kappa shape index (κ3) is 6.51. The number of hydrogen-bond acceptors (Lipinski definition) is 5. The predicted molar refractivity (Wildman–Crippen MR) is 62.1 cm³/mol. The van der Waals surface area contributed by atoms with Gasteiger partial charge in [-0.15, -0.1) is 0 Å². The minimum Gasteiger partial charge on any atom is -0.396 e. The van der Waals surface area contributed by atoms with Gasteiger partial charge in [0.2, 0.25) is 0 Å². The first kappa shape index (κ1) is 16.8. The van der Waals surface area contributed by atoms with Crippen molar-refractivity contribution in [2.75, 3.05) is 38.5 Å². The van der Waals surface area contributed by atoms with Gasteiger partial charge in [-0.05, 0) is 6.42 Å². The van der Waals surface area contributed by atoms with E-state index in [0.29, 0.717) is 13.0 Å². The van der Waals surface area contributed by atoms with E-state index in [1.165, 1.54) is 0 Å². The fraction of sp³-hybridized carbons (Fsp3) is 1.00. The Labute approximate surface area is 118 Å². The van der Waals surface area contributed by atoms with Crippen LogP contribution in [-0.4, -0.2) is 97.1 Å². The van der Waals surface area contributed by atoms with Crippen LogP contribution in [0.15, 0.2) is 0 Å². The van der Waals surface area contributed by atoms with Gasteiger partial charge >= 0.3 is 0 Å². The first-order chi connectivity index (χ1) is 7.03. The van der Waals surface area contributed by atoms with Gasteiger partial charge in [-0.1, -0.05) is 0 Å². The summed E-state index contributed by atoms with van der Waals surface area (Å²) in [6.07, 6.45) is 0.623. The monoisotopic (exact) mass is 261 g/mol. The molecule has 1 aliphatic rings. The average Bonchev–Trinajstić information content (AvgIpc) is 2.16. The van der Waals surface area contributed by atoms with Crippen molar-refractivity contribution in [3.8, 4) is 0 Å². The maximum Gasteiger partial charge on any atom is 0.266 e. The maximum absolute atomic E-state index is 10.6. The molecule has 91 valence electrons. The molecule has 0 aromatic heterocycles. The van der Waals surface area contributed by atoms with Crippen molar-refractivity contribution in [1.29, 1.82) is 0 Å². The Hall–Kier alpha value is 0.790. The molecule has 3 N–H and O–H groups in total. The number of rotatable bonds is 5. The van der Waals surface area contributed by atoms with Crippen molar-refractivity contribution in [3.05, 3.63) is 0 Å². The Balaban J connectivity index is 0.00000225. The van der Waals surface area contributed by atoms with Crippen molar-refractivity contribution < 1.29 is 18.1 Å². The Bertz CT molecular complexity index is 284. The molecule has 0 bridgehead atoms. The quantitative estimate of drug-likeness (QED) is 0.398. The largest absolute Gasteiger partial charge is 0.396 e. The summed E-state index contributed by atoms with van der Waals surface area (Å²) in [6, 6.07) is 0.158. The number of nitrogens with one attached hydrogen (secondary N) is 1. The van der Waals surface area contributed by atoms with Crippen LogP contribution in [0.5, 0.6) is 0 Å². The van der Waals surface area contributed by atoms with E-state index in [9.17, 15) is 8.42 Å². The van der Waals surface area contributed by atoms with Gasteiger partial charge in [-0.3, -0.25) is 9.45 Å². The fourth-order valence-corrected chi connectivity index (χ4v) is 2.23. The minimum absolute atomic E-state index is 0. The van der Waals surface area contributed by atoms with E-state index < -0.39 is 10.1 Å². The molecule has 6 nitrogen and oxygen atoms in total. The Morgan fingerprint density at radius 3 is 2.69 bits per heavy atom. The maximum atomic E-state index is 10.6. The fourth-order valence-electron chi connectivity index (χ4n) is 1.76. The topological polar surface area (TPSA) is 89.9 Å². The summed E-state index contributed by atoms with van der Waals surface area (Å²) in [5, 5.41) is 12.0. The zero-order valence-electron chi connectivity index (χ0n) is 9.59. The van der Waals surface area contributed by atoms with Crippen molar-refractivity contribution in [2.24, 2.45) is 0 Å². The molecule has 1 saturated heterocycles. The summed E-state index contributed by atoms with van der Waals surface area (Å²) in [6.45, 7) is 2.74. The van der Waals surface area contributed by atoms with Gasteiger partial charge in [0.05, 0.1) is 5.75 Å². The Morgan fingerprint density at radius 1 is 1.44 bits per heavy atom. The molecule has 0 saturated carbocycles. The average molecular weight is 261 g/mol. The van der Waals surface area contributed by atoms with Crippen LogP contribution in [0.2, 0.25) is 0 Å². The van der Waals surface area contributed by atoms with Crippen LogP contribution in [0, 0.1) is 0 Å².